The molecule has 0 amide bonds. The van der Waals surface area contributed by atoms with Crippen LogP contribution in [-0.2, 0) is 6.54 Å². The smallest absolute Gasteiger partial charge is 0.306 e. The normalized spacial score (nSPS) is 14.7. The monoisotopic (exact) mass is 423 g/mol. The van der Waals surface area contributed by atoms with Crippen LogP contribution in [0.25, 0.3) is 16.6 Å². The summed E-state index contributed by atoms with van der Waals surface area (Å²) in [4.78, 5) is 17.8. The molecule has 5 rings (SSSR count). The molecule has 4 nitrogen and oxygen atoms in total. The van der Waals surface area contributed by atoms with Crippen LogP contribution in [-0.4, -0.2) is 34.1 Å². The molecule has 1 N–H and O–H groups in total. The molecule has 1 saturated heterocycles. The first-order chi connectivity index (χ1) is 15.8. The van der Waals surface area contributed by atoms with E-state index in [1.165, 1.54) is 16.7 Å². The van der Waals surface area contributed by atoms with E-state index in [0.717, 1.165) is 56.5 Å². The van der Waals surface area contributed by atoms with Crippen molar-refractivity contribution in [1.82, 2.24) is 14.5 Å². The van der Waals surface area contributed by atoms with Crippen LogP contribution in [0.5, 0.6) is 0 Å². The molecule has 1 aliphatic heterocycles. The molecule has 4 aromatic rings. The van der Waals surface area contributed by atoms with E-state index in [9.17, 15) is 4.79 Å². The van der Waals surface area contributed by atoms with Crippen LogP contribution in [0.3, 0.4) is 0 Å². The minimum atomic E-state index is -0.00886. The lowest BCUT2D eigenvalue weighted by Crippen LogP contribution is -2.33. The molecule has 32 heavy (non-hydrogen) atoms. The Balaban J connectivity index is 1.26. The Labute approximate surface area is 188 Å². The van der Waals surface area contributed by atoms with E-state index in [2.05, 4.69) is 70.5 Å². The molecule has 2 heterocycles. The molecule has 162 valence electrons. The number of rotatable bonds is 6. The Morgan fingerprint density at radius 1 is 0.750 bits per heavy atom. The highest BCUT2D eigenvalue weighted by molar-refractivity contribution is 5.82. The number of para-hydroxylation sites is 2. The van der Waals surface area contributed by atoms with Crippen molar-refractivity contribution in [3.63, 3.8) is 0 Å². The highest BCUT2D eigenvalue weighted by Crippen LogP contribution is 2.32. The lowest BCUT2D eigenvalue weighted by molar-refractivity contribution is 0.249. The number of benzene rings is 3. The Bertz CT molecular complexity index is 1220. The fourth-order valence-corrected chi connectivity index (χ4v) is 4.86. The van der Waals surface area contributed by atoms with Gasteiger partial charge in [0, 0.05) is 19.6 Å². The van der Waals surface area contributed by atoms with E-state index in [1.54, 1.807) is 5.57 Å². The van der Waals surface area contributed by atoms with Crippen molar-refractivity contribution in [3.8, 4) is 0 Å². The number of nitrogens with zero attached hydrogens (tertiary/aromatic N) is 2. The van der Waals surface area contributed by atoms with Gasteiger partial charge in [0.1, 0.15) is 0 Å². The number of likely N-dealkylation sites (tertiary alicyclic amines) is 1. The molecule has 1 aliphatic rings. The van der Waals surface area contributed by atoms with Gasteiger partial charge in [0.05, 0.1) is 11.0 Å². The summed E-state index contributed by atoms with van der Waals surface area (Å²) in [5.41, 5.74) is 7.46. The van der Waals surface area contributed by atoms with Gasteiger partial charge in [0.15, 0.2) is 0 Å². The number of piperidine rings is 1. The van der Waals surface area contributed by atoms with E-state index >= 15 is 0 Å². The molecule has 0 atom stereocenters. The van der Waals surface area contributed by atoms with Crippen molar-refractivity contribution in [2.24, 2.45) is 0 Å². The summed E-state index contributed by atoms with van der Waals surface area (Å²) in [5, 5.41) is 0. The molecule has 0 aliphatic carbocycles. The van der Waals surface area contributed by atoms with Crippen LogP contribution in [0, 0.1) is 0 Å². The van der Waals surface area contributed by atoms with Crippen LogP contribution in [0.1, 0.15) is 30.4 Å². The average Bonchev–Trinajstić information content (AvgIpc) is 3.17. The van der Waals surface area contributed by atoms with Crippen molar-refractivity contribution < 1.29 is 0 Å². The fraction of sp³-hybridized carbons (Fsp3) is 0.250. The van der Waals surface area contributed by atoms with Gasteiger partial charge < -0.3 is 9.88 Å². The predicted octanol–water partition coefficient (Wildman–Crippen LogP) is 5.32. The third kappa shape index (κ3) is 4.32. The number of imidazole rings is 1. The number of hydrogen-bond donors (Lipinski definition) is 1. The standard InChI is InChI=1S/C28H29N3O/c32-28-29-25-14-7-8-15-26(25)31(28)19-9-18-30-20-16-24(17-21-30)27(22-10-3-1-4-11-22)23-12-5-2-6-13-23/h1-8,10-15H,9,16-21H2,(H,29,32). The Hall–Kier alpha value is -3.37. The summed E-state index contributed by atoms with van der Waals surface area (Å²) in [6.07, 6.45) is 3.16. The fourth-order valence-electron chi connectivity index (χ4n) is 4.86. The van der Waals surface area contributed by atoms with E-state index < -0.39 is 0 Å². The summed E-state index contributed by atoms with van der Waals surface area (Å²) >= 11 is 0. The van der Waals surface area contributed by atoms with E-state index in [-0.39, 0.29) is 5.69 Å². The van der Waals surface area contributed by atoms with Crippen molar-refractivity contribution in [2.45, 2.75) is 25.8 Å². The van der Waals surface area contributed by atoms with Crippen LogP contribution >= 0.6 is 0 Å². The van der Waals surface area contributed by atoms with Gasteiger partial charge in [-0.1, -0.05) is 78.4 Å². The number of H-pyrrole nitrogens is 1. The topological polar surface area (TPSA) is 41.0 Å². The minimum Gasteiger partial charge on any atom is -0.306 e. The second kappa shape index (κ2) is 9.41. The molecular weight excluding hydrogens is 394 g/mol. The second-order valence-corrected chi connectivity index (χ2v) is 8.50. The maximum absolute atomic E-state index is 12.3. The van der Waals surface area contributed by atoms with Gasteiger partial charge in [0.25, 0.3) is 0 Å². The van der Waals surface area contributed by atoms with Crippen molar-refractivity contribution in [2.75, 3.05) is 19.6 Å². The SMILES string of the molecule is O=c1[nH]c2ccccc2n1CCCN1CCC(=C(c2ccccc2)c2ccccc2)CC1. The third-order valence-corrected chi connectivity index (χ3v) is 6.48. The number of fused-ring (bicyclic) bond motifs is 1. The molecule has 4 heteroatoms. The molecule has 0 radical (unpaired) electrons. The van der Waals surface area contributed by atoms with Crippen molar-refractivity contribution >= 4 is 16.6 Å². The van der Waals surface area contributed by atoms with E-state index in [4.69, 9.17) is 0 Å². The number of aryl methyl sites for hydroxylation is 1. The van der Waals surface area contributed by atoms with Gasteiger partial charge >= 0.3 is 5.69 Å². The van der Waals surface area contributed by atoms with Gasteiger partial charge in [-0.25, -0.2) is 4.79 Å². The first-order valence-corrected chi connectivity index (χ1v) is 11.5. The van der Waals surface area contributed by atoms with Crippen LogP contribution in [0.15, 0.2) is 95.3 Å². The molecular formula is C28H29N3O. The Kier molecular flexibility index (Phi) is 6.04. The van der Waals surface area contributed by atoms with E-state index in [1.807, 2.05) is 28.8 Å². The third-order valence-electron chi connectivity index (χ3n) is 6.48. The molecule has 3 aromatic carbocycles. The van der Waals surface area contributed by atoms with Crippen LogP contribution < -0.4 is 5.69 Å². The maximum Gasteiger partial charge on any atom is 0.326 e. The first kappa shape index (κ1) is 20.5. The number of aromatic amines is 1. The van der Waals surface area contributed by atoms with Gasteiger partial charge in [0.2, 0.25) is 0 Å². The Morgan fingerprint density at radius 2 is 1.34 bits per heavy atom. The zero-order chi connectivity index (χ0) is 21.8. The first-order valence-electron chi connectivity index (χ1n) is 11.5. The quantitative estimate of drug-likeness (QED) is 0.456. The Morgan fingerprint density at radius 3 is 2.00 bits per heavy atom. The van der Waals surface area contributed by atoms with Gasteiger partial charge in [-0.2, -0.15) is 0 Å². The lowest BCUT2D eigenvalue weighted by Gasteiger charge is -2.30. The van der Waals surface area contributed by atoms with E-state index in [0.29, 0.717) is 0 Å². The van der Waals surface area contributed by atoms with Crippen molar-refractivity contribution in [1.29, 1.82) is 0 Å². The van der Waals surface area contributed by atoms with Gasteiger partial charge in [-0.3, -0.25) is 4.57 Å². The number of nitrogens with one attached hydrogen (secondary N) is 1. The molecule has 0 unspecified atom stereocenters. The lowest BCUT2D eigenvalue weighted by atomic mass is 9.88. The minimum absolute atomic E-state index is 0.00886. The van der Waals surface area contributed by atoms with Crippen LogP contribution in [0.4, 0.5) is 0 Å². The second-order valence-electron chi connectivity index (χ2n) is 8.50. The number of hydrogen-bond acceptors (Lipinski definition) is 2. The predicted molar refractivity (Wildman–Crippen MR) is 132 cm³/mol. The molecule has 0 spiro atoms. The van der Waals surface area contributed by atoms with Crippen molar-refractivity contribution in [3.05, 3.63) is 112 Å². The highest BCUT2D eigenvalue weighted by atomic mass is 16.1. The molecule has 0 saturated carbocycles. The summed E-state index contributed by atoms with van der Waals surface area (Å²) < 4.78 is 1.87. The average molecular weight is 424 g/mol. The van der Waals surface area contributed by atoms with Crippen LogP contribution in [0.2, 0.25) is 0 Å². The highest BCUT2D eigenvalue weighted by Gasteiger charge is 2.19. The molecule has 0 bridgehead atoms. The summed E-state index contributed by atoms with van der Waals surface area (Å²) in [5.74, 6) is 0. The maximum atomic E-state index is 12.3. The summed E-state index contributed by atoms with van der Waals surface area (Å²) in [7, 11) is 0. The van der Waals surface area contributed by atoms with Gasteiger partial charge in [-0.05, 0) is 54.6 Å². The van der Waals surface area contributed by atoms with Gasteiger partial charge in [-0.15, -0.1) is 0 Å². The summed E-state index contributed by atoms with van der Waals surface area (Å²) in [6.45, 7) is 3.91. The zero-order valence-electron chi connectivity index (χ0n) is 18.3. The zero-order valence-corrected chi connectivity index (χ0v) is 18.3. The number of aromatic nitrogens is 2. The molecule has 1 fully saturated rings. The molecule has 1 aromatic heterocycles. The summed E-state index contributed by atoms with van der Waals surface area (Å²) in [6, 6.07) is 29.5. The largest absolute Gasteiger partial charge is 0.326 e.